The van der Waals surface area contributed by atoms with E-state index >= 15 is 0 Å². The topological polar surface area (TPSA) is 101 Å². The van der Waals surface area contributed by atoms with Crippen molar-refractivity contribution in [3.63, 3.8) is 0 Å². The summed E-state index contributed by atoms with van der Waals surface area (Å²) in [6, 6.07) is 1.78. The van der Waals surface area contributed by atoms with Crippen LogP contribution < -0.4 is 15.1 Å². The van der Waals surface area contributed by atoms with E-state index in [-0.39, 0.29) is 19.0 Å². The zero-order valence-electron chi connectivity index (χ0n) is 14.4. The first-order chi connectivity index (χ1) is 12.1. The average molecular weight is 346 g/mol. The zero-order valence-corrected chi connectivity index (χ0v) is 14.4. The van der Waals surface area contributed by atoms with Crippen LogP contribution in [0.4, 0.5) is 11.9 Å². The molecular formula is C15H22N8O2. The van der Waals surface area contributed by atoms with Gasteiger partial charge in [-0.15, -0.1) is 0 Å². The lowest BCUT2D eigenvalue weighted by molar-refractivity contribution is -0.122. The highest BCUT2D eigenvalue weighted by Gasteiger charge is 2.17. The molecule has 0 radical (unpaired) electrons. The lowest BCUT2D eigenvalue weighted by Crippen LogP contribution is -2.38. The molecular weight excluding hydrogens is 324 g/mol. The van der Waals surface area contributed by atoms with Gasteiger partial charge in [-0.2, -0.15) is 20.1 Å². The number of hydrogen-bond acceptors (Lipinski definition) is 8. The minimum absolute atomic E-state index is 0.150. The summed E-state index contributed by atoms with van der Waals surface area (Å²) < 4.78 is 6.93. The molecule has 1 saturated heterocycles. The second-order valence-corrected chi connectivity index (χ2v) is 5.83. The predicted octanol–water partition coefficient (Wildman–Crippen LogP) is -0.713. The number of carbonyl (C=O) groups is 1. The molecule has 1 aliphatic heterocycles. The van der Waals surface area contributed by atoms with Gasteiger partial charge in [0.2, 0.25) is 17.8 Å². The smallest absolute Gasteiger partial charge is 0.242 e. The molecule has 25 heavy (non-hydrogen) atoms. The Labute approximate surface area is 145 Å². The number of carbonyl (C=O) groups excluding carboxylic acids is 1. The molecule has 3 heterocycles. The summed E-state index contributed by atoms with van der Waals surface area (Å²) in [5, 5.41) is 6.83. The van der Waals surface area contributed by atoms with Gasteiger partial charge in [-0.3, -0.25) is 9.48 Å². The molecule has 134 valence electrons. The van der Waals surface area contributed by atoms with Crippen LogP contribution in [0.3, 0.4) is 0 Å². The van der Waals surface area contributed by atoms with E-state index in [2.05, 4.69) is 30.3 Å². The van der Waals surface area contributed by atoms with Gasteiger partial charge in [0.25, 0.3) is 0 Å². The molecule has 10 nitrogen and oxygen atoms in total. The van der Waals surface area contributed by atoms with Crippen molar-refractivity contribution >= 4 is 17.8 Å². The SMILES string of the molecule is CN(C)c1nc(CNC(=O)Cn2cccn2)nc(N2CCOCC2)n1. The van der Waals surface area contributed by atoms with Crippen molar-refractivity contribution in [1.82, 2.24) is 30.0 Å². The third-order valence-corrected chi connectivity index (χ3v) is 3.66. The number of nitrogens with zero attached hydrogens (tertiary/aromatic N) is 7. The lowest BCUT2D eigenvalue weighted by atomic mass is 10.4. The number of rotatable bonds is 6. The number of ether oxygens (including phenoxy) is 1. The Balaban J connectivity index is 1.68. The Bertz CT molecular complexity index is 698. The van der Waals surface area contributed by atoms with Gasteiger partial charge in [0, 0.05) is 39.6 Å². The van der Waals surface area contributed by atoms with Gasteiger partial charge in [0.15, 0.2) is 5.82 Å². The van der Waals surface area contributed by atoms with E-state index in [9.17, 15) is 4.79 Å². The minimum atomic E-state index is -0.150. The number of aromatic nitrogens is 5. The van der Waals surface area contributed by atoms with Crippen LogP contribution in [0.1, 0.15) is 5.82 Å². The first kappa shape index (κ1) is 17.1. The number of nitrogens with one attached hydrogen (secondary N) is 1. The first-order valence-corrected chi connectivity index (χ1v) is 8.11. The molecule has 0 aliphatic carbocycles. The van der Waals surface area contributed by atoms with Gasteiger partial charge >= 0.3 is 0 Å². The third-order valence-electron chi connectivity index (χ3n) is 3.66. The van der Waals surface area contributed by atoms with E-state index in [0.717, 1.165) is 13.1 Å². The Morgan fingerprint density at radius 2 is 2.08 bits per heavy atom. The normalized spacial score (nSPS) is 14.4. The standard InChI is InChI=1S/C15H22N8O2/c1-21(2)14-18-12(10-16-13(24)11-23-5-3-4-17-23)19-15(20-14)22-6-8-25-9-7-22/h3-5H,6-11H2,1-2H3,(H,16,24). The fourth-order valence-corrected chi connectivity index (χ4v) is 2.35. The van der Waals surface area contributed by atoms with Crippen molar-refractivity contribution in [1.29, 1.82) is 0 Å². The largest absolute Gasteiger partial charge is 0.378 e. The maximum atomic E-state index is 12.0. The van der Waals surface area contributed by atoms with Crippen LogP contribution in [0.15, 0.2) is 18.5 Å². The Kier molecular flexibility index (Phi) is 5.39. The van der Waals surface area contributed by atoms with Crippen molar-refractivity contribution in [2.45, 2.75) is 13.1 Å². The van der Waals surface area contributed by atoms with Crippen molar-refractivity contribution in [2.24, 2.45) is 0 Å². The molecule has 0 spiro atoms. The number of hydrogen-bond donors (Lipinski definition) is 1. The highest BCUT2D eigenvalue weighted by molar-refractivity contribution is 5.75. The number of amides is 1. The van der Waals surface area contributed by atoms with Crippen LogP contribution in [0.2, 0.25) is 0 Å². The van der Waals surface area contributed by atoms with Gasteiger partial charge < -0.3 is 19.9 Å². The zero-order chi connectivity index (χ0) is 17.6. The highest BCUT2D eigenvalue weighted by Crippen LogP contribution is 2.14. The number of anilines is 2. The van der Waals surface area contributed by atoms with Crippen LogP contribution in [-0.2, 0) is 22.6 Å². The van der Waals surface area contributed by atoms with E-state index < -0.39 is 0 Å². The van der Waals surface area contributed by atoms with Crippen molar-refractivity contribution in [3.05, 3.63) is 24.3 Å². The summed E-state index contributed by atoms with van der Waals surface area (Å²) in [5.41, 5.74) is 0. The quantitative estimate of drug-likeness (QED) is 0.732. The van der Waals surface area contributed by atoms with Crippen LogP contribution in [0.5, 0.6) is 0 Å². The molecule has 0 unspecified atom stereocenters. The molecule has 2 aromatic heterocycles. The van der Waals surface area contributed by atoms with E-state index in [1.165, 1.54) is 0 Å². The summed E-state index contributed by atoms with van der Waals surface area (Å²) >= 11 is 0. The highest BCUT2D eigenvalue weighted by atomic mass is 16.5. The predicted molar refractivity (Wildman–Crippen MR) is 91.3 cm³/mol. The summed E-state index contributed by atoms with van der Waals surface area (Å²) in [4.78, 5) is 29.3. The van der Waals surface area contributed by atoms with Crippen LogP contribution in [-0.4, -0.2) is 71.0 Å². The second kappa shape index (κ2) is 7.88. The maximum Gasteiger partial charge on any atom is 0.242 e. The Hall–Kier alpha value is -2.75. The summed E-state index contributed by atoms with van der Waals surface area (Å²) in [6.07, 6.45) is 3.38. The number of morpholine rings is 1. The average Bonchev–Trinajstić information content (AvgIpc) is 3.13. The first-order valence-electron chi connectivity index (χ1n) is 8.11. The molecule has 1 fully saturated rings. The van der Waals surface area contributed by atoms with E-state index in [1.54, 1.807) is 23.1 Å². The van der Waals surface area contributed by atoms with Gasteiger partial charge in [0.1, 0.15) is 6.54 Å². The van der Waals surface area contributed by atoms with E-state index in [1.807, 2.05) is 19.0 Å². The van der Waals surface area contributed by atoms with Crippen LogP contribution in [0, 0.1) is 0 Å². The minimum Gasteiger partial charge on any atom is -0.378 e. The second-order valence-electron chi connectivity index (χ2n) is 5.83. The Morgan fingerprint density at radius 3 is 2.76 bits per heavy atom. The van der Waals surface area contributed by atoms with Gasteiger partial charge in [-0.05, 0) is 6.07 Å². The molecule has 3 rings (SSSR count). The Morgan fingerprint density at radius 1 is 1.28 bits per heavy atom. The molecule has 10 heteroatoms. The molecule has 0 atom stereocenters. The molecule has 0 saturated carbocycles. The third kappa shape index (κ3) is 4.63. The van der Waals surface area contributed by atoms with Crippen LogP contribution >= 0.6 is 0 Å². The molecule has 1 N–H and O–H groups in total. The molecule has 0 bridgehead atoms. The van der Waals surface area contributed by atoms with Crippen molar-refractivity contribution < 1.29 is 9.53 Å². The summed E-state index contributed by atoms with van der Waals surface area (Å²) in [5.74, 6) is 1.54. The summed E-state index contributed by atoms with van der Waals surface area (Å²) in [6.45, 7) is 3.18. The van der Waals surface area contributed by atoms with Crippen LogP contribution in [0.25, 0.3) is 0 Å². The summed E-state index contributed by atoms with van der Waals surface area (Å²) in [7, 11) is 3.75. The monoisotopic (exact) mass is 346 g/mol. The molecule has 2 aromatic rings. The van der Waals surface area contributed by atoms with E-state index in [4.69, 9.17) is 4.74 Å². The maximum absolute atomic E-state index is 12.0. The van der Waals surface area contributed by atoms with Crippen molar-refractivity contribution in [3.8, 4) is 0 Å². The van der Waals surface area contributed by atoms with Gasteiger partial charge in [0.05, 0.1) is 19.8 Å². The lowest BCUT2D eigenvalue weighted by Gasteiger charge is -2.27. The fourth-order valence-electron chi connectivity index (χ4n) is 2.35. The molecule has 1 aliphatic rings. The van der Waals surface area contributed by atoms with E-state index in [0.29, 0.717) is 30.9 Å². The van der Waals surface area contributed by atoms with Gasteiger partial charge in [-0.1, -0.05) is 0 Å². The molecule has 0 aromatic carbocycles. The van der Waals surface area contributed by atoms with Crippen molar-refractivity contribution in [2.75, 3.05) is 50.2 Å². The van der Waals surface area contributed by atoms with Gasteiger partial charge in [-0.25, -0.2) is 0 Å². The fraction of sp³-hybridized carbons (Fsp3) is 0.533. The molecule has 1 amide bonds.